The fraction of sp³-hybridized carbons (Fsp3) is 0.308. The van der Waals surface area contributed by atoms with Gasteiger partial charge in [0.2, 0.25) is 0 Å². The number of aliphatic hydroxyl groups is 1. The fourth-order valence-electron chi connectivity index (χ4n) is 1.89. The quantitative estimate of drug-likeness (QED) is 0.765. The molecular formula is C13H15N5O. The van der Waals surface area contributed by atoms with Crippen LogP contribution in [-0.4, -0.2) is 29.5 Å². The summed E-state index contributed by atoms with van der Waals surface area (Å²) in [6.07, 6.45) is 5.65. The summed E-state index contributed by atoms with van der Waals surface area (Å²) in [5, 5.41) is 17.8. The van der Waals surface area contributed by atoms with E-state index in [9.17, 15) is 5.11 Å². The van der Waals surface area contributed by atoms with Crippen molar-refractivity contribution in [1.29, 1.82) is 0 Å². The third kappa shape index (κ3) is 2.34. The number of hydrogen-bond acceptors (Lipinski definition) is 4. The molecule has 0 aliphatic rings. The van der Waals surface area contributed by atoms with E-state index in [2.05, 4.69) is 15.3 Å². The highest BCUT2D eigenvalue weighted by Crippen LogP contribution is 2.16. The van der Waals surface area contributed by atoms with E-state index in [0.29, 0.717) is 12.2 Å². The van der Waals surface area contributed by atoms with E-state index in [-0.39, 0.29) is 0 Å². The molecule has 19 heavy (non-hydrogen) atoms. The van der Waals surface area contributed by atoms with Gasteiger partial charge in [0, 0.05) is 12.4 Å². The van der Waals surface area contributed by atoms with Crippen molar-refractivity contribution in [2.75, 3.05) is 0 Å². The Morgan fingerprint density at radius 1 is 1.26 bits per heavy atom. The van der Waals surface area contributed by atoms with Crippen molar-refractivity contribution < 1.29 is 5.11 Å². The summed E-state index contributed by atoms with van der Waals surface area (Å²) in [6.45, 7) is 3.91. The number of rotatable bonds is 3. The van der Waals surface area contributed by atoms with Crippen molar-refractivity contribution >= 4 is 5.65 Å². The Morgan fingerprint density at radius 3 is 2.79 bits per heavy atom. The zero-order valence-electron chi connectivity index (χ0n) is 10.9. The predicted molar refractivity (Wildman–Crippen MR) is 69.6 cm³/mol. The first kappa shape index (κ1) is 11.9. The molecule has 0 radical (unpaired) electrons. The van der Waals surface area contributed by atoms with E-state index >= 15 is 0 Å². The van der Waals surface area contributed by atoms with Gasteiger partial charge in [-0.15, -0.1) is 5.10 Å². The molecule has 0 aliphatic heterocycles. The van der Waals surface area contributed by atoms with Crippen LogP contribution < -0.4 is 0 Å². The summed E-state index contributed by atoms with van der Waals surface area (Å²) in [5.41, 5.74) is 1.38. The molecule has 0 amide bonds. The van der Waals surface area contributed by atoms with Crippen molar-refractivity contribution in [1.82, 2.24) is 24.4 Å². The maximum atomic E-state index is 9.85. The lowest BCUT2D eigenvalue weighted by molar-refractivity contribution is 0.0737. The lowest BCUT2D eigenvalue weighted by Gasteiger charge is -2.11. The molecule has 0 fully saturated rings. The van der Waals surface area contributed by atoms with E-state index in [4.69, 9.17) is 0 Å². The van der Waals surface area contributed by atoms with Crippen LogP contribution >= 0.6 is 0 Å². The van der Waals surface area contributed by atoms with Crippen molar-refractivity contribution in [3.8, 4) is 0 Å². The lowest BCUT2D eigenvalue weighted by Crippen LogP contribution is -2.15. The van der Waals surface area contributed by atoms with Crippen molar-refractivity contribution in [3.63, 3.8) is 0 Å². The molecule has 1 N–H and O–H groups in total. The Labute approximate surface area is 110 Å². The SMILES string of the molecule is CC(C)(O)c1cn(Cc2cn3ccccc3n2)nn1. The minimum absolute atomic E-state index is 0.533. The predicted octanol–water partition coefficient (Wildman–Crippen LogP) is 1.20. The summed E-state index contributed by atoms with van der Waals surface area (Å²) < 4.78 is 3.64. The van der Waals surface area contributed by atoms with Gasteiger partial charge in [-0.25, -0.2) is 9.67 Å². The summed E-state index contributed by atoms with van der Waals surface area (Å²) in [4.78, 5) is 4.49. The lowest BCUT2D eigenvalue weighted by atomic mass is 10.1. The topological polar surface area (TPSA) is 68.2 Å². The van der Waals surface area contributed by atoms with Crippen molar-refractivity contribution in [2.24, 2.45) is 0 Å². The number of hydrogen-bond donors (Lipinski definition) is 1. The zero-order valence-corrected chi connectivity index (χ0v) is 10.9. The Bertz CT molecular complexity index is 674. The highest BCUT2D eigenvalue weighted by Gasteiger charge is 2.20. The monoisotopic (exact) mass is 257 g/mol. The average Bonchev–Trinajstić information content (AvgIpc) is 2.94. The maximum Gasteiger partial charge on any atom is 0.137 e. The third-order valence-corrected chi connectivity index (χ3v) is 2.90. The molecule has 0 aromatic carbocycles. The van der Waals surface area contributed by atoms with Gasteiger partial charge in [-0.1, -0.05) is 11.3 Å². The molecule has 3 rings (SSSR count). The van der Waals surface area contributed by atoms with Gasteiger partial charge in [0.1, 0.15) is 16.9 Å². The Balaban J connectivity index is 1.86. The number of fused-ring (bicyclic) bond motifs is 1. The first-order valence-electron chi connectivity index (χ1n) is 6.08. The molecular weight excluding hydrogens is 242 g/mol. The van der Waals surface area contributed by atoms with Crippen LogP contribution in [0, 0.1) is 0 Å². The third-order valence-electron chi connectivity index (χ3n) is 2.90. The molecule has 3 aromatic heterocycles. The van der Waals surface area contributed by atoms with E-state index in [0.717, 1.165) is 11.3 Å². The molecule has 3 heterocycles. The smallest absolute Gasteiger partial charge is 0.137 e. The zero-order chi connectivity index (χ0) is 13.5. The van der Waals surface area contributed by atoms with E-state index in [1.54, 1.807) is 24.7 Å². The molecule has 0 bridgehead atoms. The van der Waals surface area contributed by atoms with Gasteiger partial charge >= 0.3 is 0 Å². The van der Waals surface area contributed by atoms with Crippen LogP contribution in [-0.2, 0) is 12.1 Å². The van der Waals surface area contributed by atoms with Gasteiger partial charge < -0.3 is 9.51 Å². The normalized spacial score (nSPS) is 12.2. The summed E-state index contributed by atoms with van der Waals surface area (Å²) in [7, 11) is 0. The molecule has 6 nitrogen and oxygen atoms in total. The molecule has 98 valence electrons. The van der Waals surface area contributed by atoms with Gasteiger partial charge in [-0.3, -0.25) is 0 Å². The molecule has 6 heteroatoms. The first-order valence-corrected chi connectivity index (χ1v) is 6.08. The van der Waals surface area contributed by atoms with Crippen LogP contribution in [0.3, 0.4) is 0 Å². The summed E-state index contributed by atoms with van der Waals surface area (Å²) in [5.74, 6) is 0. The second kappa shape index (κ2) is 4.17. The first-order chi connectivity index (χ1) is 9.02. The minimum atomic E-state index is -0.975. The number of pyridine rings is 1. The molecule has 0 atom stereocenters. The van der Waals surface area contributed by atoms with Crippen LogP contribution in [0.1, 0.15) is 25.2 Å². The number of aromatic nitrogens is 5. The average molecular weight is 257 g/mol. The maximum absolute atomic E-state index is 9.85. The van der Waals surface area contributed by atoms with E-state index < -0.39 is 5.60 Å². The highest BCUT2D eigenvalue weighted by atomic mass is 16.3. The molecule has 0 aliphatic carbocycles. The van der Waals surface area contributed by atoms with Gasteiger partial charge in [0.25, 0.3) is 0 Å². The summed E-state index contributed by atoms with van der Waals surface area (Å²) in [6, 6.07) is 5.86. The van der Waals surface area contributed by atoms with E-state index in [1.165, 1.54) is 0 Å². The molecule has 0 unspecified atom stereocenters. The summed E-state index contributed by atoms with van der Waals surface area (Å²) >= 11 is 0. The Kier molecular flexibility index (Phi) is 2.60. The van der Waals surface area contributed by atoms with Crippen molar-refractivity contribution in [2.45, 2.75) is 26.0 Å². The van der Waals surface area contributed by atoms with Crippen molar-refractivity contribution in [3.05, 3.63) is 48.2 Å². The highest BCUT2D eigenvalue weighted by molar-refractivity contribution is 5.39. The van der Waals surface area contributed by atoms with E-state index in [1.807, 2.05) is 35.0 Å². The molecule has 3 aromatic rings. The molecule has 0 saturated heterocycles. The molecule has 0 spiro atoms. The van der Waals surface area contributed by atoms with Crippen LogP contribution in [0.4, 0.5) is 0 Å². The van der Waals surface area contributed by atoms with Gasteiger partial charge in [0.15, 0.2) is 0 Å². The van der Waals surface area contributed by atoms with Crippen LogP contribution in [0.2, 0.25) is 0 Å². The van der Waals surface area contributed by atoms with Crippen LogP contribution in [0.5, 0.6) is 0 Å². The number of imidazole rings is 1. The molecule has 0 saturated carbocycles. The number of nitrogens with zero attached hydrogens (tertiary/aromatic N) is 5. The second-order valence-electron chi connectivity index (χ2n) is 5.06. The second-order valence-corrected chi connectivity index (χ2v) is 5.06. The van der Waals surface area contributed by atoms with Crippen LogP contribution in [0.15, 0.2) is 36.8 Å². The van der Waals surface area contributed by atoms with Gasteiger partial charge in [-0.2, -0.15) is 0 Å². The standard InChI is InChI=1S/C13H15N5O/c1-13(2,19)11-9-18(16-15-11)8-10-7-17-6-4-3-5-12(17)14-10/h3-7,9,19H,8H2,1-2H3. The van der Waals surface area contributed by atoms with Crippen LogP contribution in [0.25, 0.3) is 5.65 Å². The Morgan fingerprint density at radius 2 is 2.11 bits per heavy atom. The van der Waals surface area contributed by atoms with Gasteiger partial charge in [0.05, 0.1) is 18.4 Å². The largest absolute Gasteiger partial charge is 0.384 e. The fourth-order valence-corrected chi connectivity index (χ4v) is 1.89. The Hall–Kier alpha value is -2.21. The van der Waals surface area contributed by atoms with Gasteiger partial charge in [-0.05, 0) is 26.0 Å². The minimum Gasteiger partial charge on any atom is -0.384 e.